The second-order valence-corrected chi connectivity index (χ2v) is 10.2. The van der Waals surface area contributed by atoms with Crippen molar-refractivity contribution in [1.29, 1.82) is 0 Å². The van der Waals surface area contributed by atoms with Crippen molar-refractivity contribution in [3.05, 3.63) is 56.1 Å². The van der Waals surface area contributed by atoms with Crippen molar-refractivity contribution >= 4 is 49.9 Å². The third-order valence-electron chi connectivity index (χ3n) is 4.61. The van der Waals surface area contributed by atoms with E-state index in [9.17, 15) is 14.1 Å². The highest BCUT2D eigenvalue weighted by atomic mass is 79.9. The van der Waals surface area contributed by atoms with Gasteiger partial charge in [0.15, 0.2) is 0 Å². The largest absolute Gasteiger partial charge is 0.396 e. The van der Waals surface area contributed by atoms with Crippen molar-refractivity contribution in [3.63, 3.8) is 0 Å². The van der Waals surface area contributed by atoms with Crippen molar-refractivity contribution < 1.29 is 9.32 Å². The minimum Gasteiger partial charge on any atom is -0.396 e. The molecule has 3 N–H and O–H groups in total. The van der Waals surface area contributed by atoms with Gasteiger partial charge in [-0.2, -0.15) is 0 Å². The van der Waals surface area contributed by atoms with E-state index in [1.807, 2.05) is 6.92 Å². The Labute approximate surface area is 181 Å². The zero-order chi connectivity index (χ0) is 21.1. The Balaban J connectivity index is 2.45. The molecule has 2 rings (SSSR count). The predicted octanol–water partition coefficient (Wildman–Crippen LogP) is 4.03. The number of aromatic nitrogens is 1. The Bertz CT molecular complexity index is 916. The van der Waals surface area contributed by atoms with Gasteiger partial charge in [0, 0.05) is 25.4 Å². The van der Waals surface area contributed by atoms with E-state index in [4.69, 9.17) is 11.6 Å². The molecule has 1 aliphatic carbocycles. The summed E-state index contributed by atoms with van der Waals surface area (Å²) < 4.78 is 17.8. The van der Waals surface area contributed by atoms with E-state index in [-0.39, 0.29) is 17.2 Å². The van der Waals surface area contributed by atoms with Gasteiger partial charge < -0.3 is 19.7 Å². The Morgan fingerprint density at radius 2 is 2.14 bits per heavy atom. The maximum absolute atomic E-state index is 12.9. The molecule has 1 aromatic rings. The van der Waals surface area contributed by atoms with E-state index in [1.165, 1.54) is 4.57 Å². The number of pyridine rings is 1. The van der Waals surface area contributed by atoms with Crippen LogP contribution in [0.15, 0.2) is 44.9 Å². The molecule has 1 fully saturated rings. The quantitative estimate of drug-likeness (QED) is 0.456. The maximum atomic E-state index is 12.9. The molecule has 0 aliphatic heterocycles. The van der Waals surface area contributed by atoms with E-state index >= 15 is 0 Å². The molecule has 1 heterocycles. The predicted molar refractivity (Wildman–Crippen MR) is 121 cm³/mol. The molecule has 1 atom stereocenters. The van der Waals surface area contributed by atoms with Crippen LogP contribution in [0.2, 0.25) is 0 Å². The topological polar surface area (TPSA) is 83.4 Å². The standard InChI is InChI=1S/C19H25BrClN3O3S/c1-12(20)5-6-15(14(3)21)22-17-13(2)18(26)24(4)11-16(17)23-28(27)19(7-8-19)9-10-25/h5-6,11,22-23,25H,3,7-10H2,1-2,4H3/b12-5+,15-6+. The second kappa shape index (κ2) is 9.43. The molecule has 1 unspecified atom stereocenters. The van der Waals surface area contributed by atoms with Gasteiger partial charge in [0.1, 0.15) is 11.0 Å². The van der Waals surface area contributed by atoms with Gasteiger partial charge in [-0.05, 0) is 43.7 Å². The van der Waals surface area contributed by atoms with Gasteiger partial charge in [-0.15, -0.1) is 0 Å². The highest BCUT2D eigenvalue weighted by Crippen LogP contribution is 2.45. The van der Waals surface area contributed by atoms with Crippen LogP contribution >= 0.6 is 27.5 Å². The van der Waals surface area contributed by atoms with E-state index < -0.39 is 15.7 Å². The lowest BCUT2D eigenvalue weighted by atomic mass is 10.2. The Morgan fingerprint density at radius 3 is 2.64 bits per heavy atom. The molecular weight excluding hydrogens is 466 g/mol. The number of anilines is 2. The van der Waals surface area contributed by atoms with Gasteiger partial charge in [-0.1, -0.05) is 40.2 Å². The summed E-state index contributed by atoms with van der Waals surface area (Å²) >= 11 is 9.47. The third kappa shape index (κ3) is 5.37. The SMILES string of the molecule is C=C(Cl)/C(=C\C=C(/C)Br)Nc1c(NS(=O)C2(CCO)CC2)cn(C)c(=O)c1C. The zero-order valence-electron chi connectivity index (χ0n) is 16.1. The van der Waals surface area contributed by atoms with Crippen LogP contribution in [0.25, 0.3) is 0 Å². The van der Waals surface area contributed by atoms with Crippen LogP contribution in [0, 0.1) is 6.92 Å². The van der Waals surface area contributed by atoms with Gasteiger partial charge in [0.05, 0.1) is 26.9 Å². The molecule has 0 radical (unpaired) electrons. The van der Waals surface area contributed by atoms with Gasteiger partial charge in [-0.25, -0.2) is 4.21 Å². The van der Waals surface area contributed by atoms with E-state index in [0.29, 0.717) is 29.1 Å². The molecule has 0 saturated heterocycles. The number of rotatable bonds is 9. The first-order chi connectivity index (χ1) is 13.1. The van der Waals surface area contributed by atoms with Crippen molar-refractivity contribution in [2.24, 2.45) is 7.05 Å². The van der Waals surface area contributed by atoms with Gasteiger partial charge in [0.2, 0.25) is 0 Å². The maximum Gasteiger partial charge on any atom is 0.255 e. The van der Waals surface area contributed by atoms with Crippen LogP contribution in [0.4, 0.5) is 11.4 Å². The van der Waals surface area contributed by atoms with Gasteiger partial charge in [0.25, 0.3) is 5.56 Å². The average Bonchev–Trinajstić information content (AvgIpc) is 3.39. The summed E-state index contributed by atoms with van der Waals surface area (Å²) in [6.07, 6.45) is 7.20. The first-order valence-corrected chi connectivity index (χ1v) is 11.1. The summed E-state index contributed by atoms with van der Waals surface area (Å²) in [6, 6.07) is 0. The fourth-order valence-corrected chi connectivity index (χ4v) is 4.30. The second-order valence-electron chi connectivity index (χ2n) is 6.85. The smallest absolute Gasteiger partial charge is 0.255 e. The molecule has 28 heavy (non-hydrogen) atoms. The van der Waals surface area contributed by atoms with Crippen LogP contribution in [0.1, 0.15) is 31.7 Å². The lowest BCUT2D eigenvalue weighted by Crippen LogP contribution is -2.27. The summed E-state index contributed by atoms with van der Waals surface area (Å²) in [5.74, 6) is 0. The molecule has 9 heteroatoms. The number of hydrogen-bond acceptors (Lipinski definition) is 4. The fraction of sp³-hybridized carbons (Fsp3) is 0.421. The number of aryl methyl sites for hydroxylation is 1. The lowest BCUT2D eigenvalue weighted by molar-refractivity contribution is 0.284. The fourth-order valence-electron chi connectivity index (χ4n) is 2.74. The van der Waals surface area contributed by atoms with E-state index in [1.54, 1.807) is 32.3 Å². The molecule has 0 amide bonds. The minimum atomic E-state index is -1.40. The molecule has 1 aromatic heterocycles. The summed E-state index contributed by atoms with van der Waals surface area (Å²) in [5.41, 5.74) is 1.81. The minimum absolute atomic E-state index is 0.0119. The first-order valence-electron chi connectivity index (χ1n) is 8.77. The van der Waals surface area contributed by atoms with E-state index in [2.05, 4.69) is 32.5 Å². The Hall–Kier alpha value is -1.35. The van der Waals surface area contributed by atoms with Crippen LogP contribution in [0.3, 0.4) is 0 Å². The Morgan fingerprint density at radius 1 is 1.50 bits per heavy atom. The van der Waals surface area contributed by atoms with Crippen LogP contribution < -0.4 is 15.6 Å². The van der Waals surface area contributed by atoms with Gasteiger partial charge >= 0.3 is 0 Å². The third-order valence-corrected chi connectivity index (χ3v) is 6.88. The average molecular weight is 491 g/mol. The zero-order valence-corrected chi connectivity index (χ0v) is 19.3. The number of aliphatic hydroxyl groups excluding tert-OH is 1. The number of nitrogens with zero attached hydrogens (tertiary/aromatic N) is 1. The molecule has 0 spiro atoms. The lowest BCUT2D eigenvalue weighted by Gasteiger charge is -2.21. The summed E-state index contributed by atoms with van der Waals surface area (Å²) in [7, 11) is 0.241. The van der Waals surface area contributed by atoms with Gasteiger partial charge in [-0.3, -0.25) is 4.79 Å². The van der Waals surface area contributed by atoms with Crippen molar-refractivity contribution in [3.8, 4) is 0 Å². The summed E-state index contributed by atoms with van der Waals surface area (Å²) in [5, 5.41) is 12.7. The Kier molecular flexibility index (Phi) is 7.73. The van der Waals surface area contributed by atoms with Crippen molar-refractivity contribution in [2.75, 3.05) is 16.6 Å². The number of halogens is 2. The van der Waals surface area contributed by atoms with Crippen LogP contribution in [-0.2, 0) is 18.0 Å². The highest BCUT2D eigenvalue weighted by Gasteiger charge is 2.48. The number of aliphatic hydroxyl groups is 1. The summed E-state index contributed by atoms with van der Waals surface area (Å²) in [4.78, 5) is 12.4. The molecule has 6 nitrogen and oxygen atoms in total. The first kappa shape index (κ1) is 22.9. The van der Waals surface area contributed by atoms with Crippen molar-refractivity contribution in [2.45, 2.75) is 37.9 Å². The molecule has 0 bridgehead atoms. The highest BCUT2D eigenvalue weighted by molar-refractivity contribution is 9.11. The number of nitrogens with one attached hydrogen (secondary N) is 2. The molecular formula is C19H25BrClN3O3S. The van der Waals surface area contributed by atoms with E-state index in [0.717, 1.165) is 17.3 Å². The normalized spacial score (nSPS) is 17.2. The summed E-state index contributed by atoms with van der Waals surface area (Å²) in [6.45, 7) is 7.32. The van der Waals surface area contributed by atoms with Crippen LogP contribution in [-0.4, -0.2) is 25.2 Å². The molecule has 1 saturated carbocycles. The molecule has 0 aromatic carbocycles. The molecule has 1 aliphatic rings. The van der Waals surface area contributed by atoms with Crippen molar-refractivity contribution in [1.82, 2.24) is 4.57 Å². The number of allylic oxidation sites excluding steroid dienone is 4. The van der Waals surface area contributed by atoms with Crippen LogP contribution in [0.5, 0.6) is 0 Å². The number of hydrogen-bond donors (Lipinski definition) is 3. The monoisotopic (exact) mass is 489 g/mol. The molecule has 154 valence electrons.